The summed E-state index contributed by atoms with van der Waals surface area (Å²) in [5.41, 5.74) is 0.740. The van der Waals surface area contributed by atoms with Crippen LogP contribution in [-0.4, -0.2) is 49.8 Å². The van der Waals surface area contributed by atoms with Gasteiger partial charge in [0.2, 0.25) is 21.8 Å². The molecule has 2 aliphatic heterocycles. The lowest BCUT2D eigenvalue weighted by atomic mass is 9.92. The fourth-order valence-corrected chi connectivity index (χ4v) is 5.42. The van der Waals surface area contributed by atoms with Crippen molar-refractivity contribution in [3.8, 4) is 0 Å². The van der Waals surface area contributed by atoms with E-state index in [0.717, 1.165) is 5.56 Å². The lowest BCUT2D eigenvalue weighted by molar-refractivity contribution is -0.151. The Bertz CT molecular complexity index is 1090. The third-order valence-electron chi connectivity index (χ3n) is 5.60. The Morgan fingerprint density at radius 1 is 1.10 bits per heavy atom. The average molecular weight is 466 g/mol. The molecule has 2 saturated heterocycles. The van der Waals surface area contributed by atoms with Crippen molar-refractivity contribution in [3.63, 3.8) is 0 Å². The monoisotopic (exact) mass is 465 g/mol. The largest absolute Gasteiger partial charge is 0.342 e. The van der Waals surface area contributed by atoms with Crippen molar-refractivity contribution in [1.82, 2.24) is 14.9 Å². The van der Waals surface area contributed by atoms with Gasteiger partial charge in [0.1, 0.15) is 17.9 Å². The molecule has 0 radical (unpaired) electrons. The van der Waals surface area contributed by atoms with Crippen LogP contribution in [0.3, 0.4) is 0 Å². The summed E-state index contributed by atoms with van der Waals surface area (Å²) in [5, 5.41) is 3.16. The van der Waals surface area contributed by atoms with E-state index in [1.54, 1.807) is 12.1 Å². The summed E-state index contributed by atoms with van der Waals surface area (Å²) in [6, 6.07) is 9.66. The summed E-state index contributed by atoms with van der Waals surface area (Å²) < 4.78 is 41.0. The van der Waals surface area contributed by atoms with Crippen molar-refractivity contribution in [2.45, 2.75) is 42.3 Å². The molecule has 3 atom stereocenters. The number of carbonyl (C=O) groups is 2. The number of hydrogen-bond acceptors (Lipinski definition) is 4. The molecule has 0 unspecified atom stereocenters. The van der Waals surface area contributed by atoms with Gasteiger partial charge in [0.05, 0.1) is 4.90 Å². The van der Waals surface area contributed by atoms with Crippen LogP contribution in [0.4, 0.5) is 4.39 Å². The zero-order chi connectivity index (χ0) is 22.2. The van der Waals surface area contributed by atoms with Crippen LogP contribution in [0.15, 0.2) is 53.4 Å². The fourth-order valence-electron chi connectivity index (χ4n) is 4.01. The maximum Gasteiger partial charge on any atom is 0.246 e. The molecule has 31 heavy (non-hydrogen) atoms. The molecule has 0 bridgehead atoms. The lowest BCUT2D eigenvalue weighted by Gasteiger charge is -2.44. The molecule has 2 aliphatic rings. The zero-order valence-corrected chi connectivity index (χ0v) is 18.0. The van der Waals surface area contributed by atoms with Crippen LogP contribution in [0.25, 0.3) is 0 Å². The van der Waals surface area contributed by atoms with E-state index in [9.17, 15) is 22.4 Å². The molecular formula is C21H21ClFN3O4S. The Balaban J connectivity index is 1.42. The van der Waals surface area contributed by atoms with Crippen LogP contribution >= 0.6 is 11.6 Å². The number of fused-ring (bicyclic) bond motifs is 1. The Hall–Kier alpha value is -2.49. The molecule has 4 rings (SSSR count). The van der Waals surface area contributed by atoms with E-state index in [0.29, 0.717) is 11.4 Å². The molecule has 0 spiro atoms. The standard InChI is InChI=1S/C21H21ClFN3O4S/c22-14-3-7-17(8-4-14)31(29,30)25-16-9-10-26-19(12-16)20(27)24-18(21(26)28)11-13-1-5-15(23)6-2-13/h1-8,16,18-19,25H,9-12H2,(H,24,27)/t16-,18+,19-/m0/s1. The van der Waals surface area contributed by atoms with Crippen molar-refractivity contribution in [2.75, 3.05) is 6.54 Å². The van der Waals surface area contributed by atoms with Crippen LogP contribution in [-0.2, 0) is 26.0 Å². The van der Waals surface area contributed by atoms with Gasteiger partial charge in [0.15, 0.2) is 0 Å². The molecule has 10 heteroatoms. The van der Waals surface area contributed by atoms with E-state index in [2.05, 4.69) is 10.0 Å². The summed E-state index contributed by atoms with van der Waals surface area (Å²) in [5.74, 6) is -0.902. The highest BCUT2D eigenvalue weighted by Gasteiger charge is 2.44. The van der Waals surface area contributed by atoms with Gasteiger partial charge in [-0.15, -0.1) is 0 Å². The predicted molar refractivity (Wildman–Crippen MR) is 112 cm³/mol. The molecule has 0 saturated carbocycles. The van der Waals surface area contributed by atoms with Crippen LogP contribution in [0.2, 0.25) is 5.02 Å². The van der Waals surface area contributed by atoms with Crippen molar-refractivity contribution in [2.24, 2.45) is 0 Å². The number of piperidine rings is 1. The molecule has 2 N–H and O–H groups in total. The minimum Gasteiger partial charge on any atom is -0.342 e. The zero-order valence-electron chi connectivity index (χ0n) is 16.4. The van der Waals surface area contributed by atoms with Crippen LogP contribution in [0.1, 0.15) is 18.4 Å². The van der Waals surface area contributed by atoms with Gasteiger partial charge in [-0.25, -0.2) is 17.5 Å². The second-order valence-corrected chi connectivity index (χ2v) is 9.89. The van der Waals surface area contributed by atoms with Gasteiger partial charge in [0.25, 0.3) is 0 Å². The lowest BCUT2D eigenvalue weighted by Crippen LogP contribution is -2.67. The van der Waals surface area contributed by atoms with Gasteiger partial charge in [0, 0.05) is 24.0 Å². The molecule has 0 aromatic heterocycles. The van der Waals surface area contributed by atoms with Crippen molar-refractivity contribution in [1.29, 1.82) is 0 Å². The van der Waals surface area contributed by atoms with E-state index >= 15 is 0 Å². The smallest absolute Gasteiger partial charge is 0.246 e. The molecule has 2 aromatic rings. The first-order chi connectivity index (χ1) is 14.7. The molecule has 0 aliphatic carbocycles. The SMILES string of the molecule is O=C1N[C@H](Cc2ccc(F)cc2)C(=O)N2CC[C@H](NS(=O)(=O)c3ccc(Cl)cc3)C[C@@H]12. The van der Waals surface area contributed by atoms with Crippen molar-refractivity contribution < 1.29 is 22.4 Å². The van der Waals surface area contributed by atoms with Crippen molar-refractivity contribution >= 4 is 33.4 Å². The first-order valence-corrected chi connectivity index (χ1v) is 11.7. The highest BCUT2D eigenvalue weighted by molar-refractivity contribution is 7.89. The number of nitrogens with zero attached hydrogens (tertiary/aromatic N) is 1. The van der Waals surface area contributed by atoms with Gasteiger partial charge in [-0.05, 0) is 54.8 Å². The number of hydrogen-bond donors (Lipinski definition) is 2. The van der Waals surface area contributed by atoms with Gasteiger partial charge in [-0.3, -0.25) is 9.59 Å². The molecule has 2 aromatic carbocycles. The topological polar surface area (TPSA) is 95.6 Å². The average Bonchev–Trinajstić information content (AvgIpc) is 2.73. The third kappa shape index (κ3) is 4.73. The first kappa shape index (κ1) is 21.7. The summed E-state index contributed by atoms with van der Waals surface area (Å²) in [4.78, 5) is 27.2. The molecule has 2 fully saturated rings. The summed E-state index contributed by atoms with van der Waals surface area (Å²) in [7, 11) is -3.77. The van der Waals surface area contributed by atoms with Gasteiger partial charge in [-0.1, -0.05) is 23.7 Å². The number of rotatable bonds is 5. The minimum absolute atomic E-state index is 0.0860. The quantitative estimate of drug-likeness (QED) is 0.704. The number of carbonyl (C=O) groups excluding carboxylic acids is 2. The number of piperazine rings is 1. The molecule has 164 valence electrons. The molecule has 2 amide bonds. The maximum atomic E-state index is 13.1. The summed E-state index contributed by atoms with van der Waals surface area (Å²) >= 11 is 5.82. The minimum atomic E-state index is -3.77. The Labute approximate surface area is 184 Å². The van der Waals surface area contributed by atoms with Gasteiger partial charge < -0.3 is 10.2 Å². The second kappa shape index (κ2) is 8.57. The normalized spacial score (nSPS) is 23.9. The van der Waals surface area contributed by atoms with Crippen molar-refractivity contribution in [3.05, 3.63) is 64.9 Å². The maximum absolute atomic E-state index is 13.1. The number of sulfonamides is 1. The highest BCUT2D eigenvalue weighted by atomic mass is 35.5. The van der Waals surface area contributed by atoms with E-state index in [4.69, 9.17) is 11.6 Å². The molecule has 2 heterocycles. The van der Waals surface area contributed by atoms with E-state index < -0.39 is 28.1 Å². The Morgan fingerprint density at radius 2 is 1.77 bits per heavy atom. The van der Waals surface area contributed by atoms with E-state index in [1.165, 1.54) is 41.3 Å². The Kier molecular flexibility index (Phi) is 6.00. The fraction of sp³-hybridized carbons (Fsp3) is 0.333. The highest BCUT2D eigenvalue weighted by Crippen LogP contribution is 2.25. The van der Waals surface area contributed by atoms with Crippen LogP contribution in [0, 0.1) is 5.82 Å². The van der Waals surface area contributed by atoms with Crippen LogP contribution in [0.5, 0.6) is 0 Å². The first-order valence-electron chi connectivity index (χ1n) is 9.86. The predicted octanol–water partition coefficient (Wildman–Crippen LogP) is 1.86. The van der Waals surface area contributed by atoms with Gasteiger partial charge in [-0.2, -0.15) is 0 Å². The van der Waals surface area contributed by atoms with E-state index in [1.807, 2.05) is 0 Å². The number of nitrogens with one attached hydrogen (secondary N) is 2. The molecule has 7 nitrogen and oxygen atoms in total. The summed E-state index contributed by atoms with van der Waals surface area (Å²) in [6.45, 7) is 0.268. The number of halogens is 2. The third-order valence-corrected chi connectivity index (χ3v) is 7.39. The van der Waals surface area contributed by atoms with Crippen LogP contribution < -0.4 is 10.0 Å². The Morgan fingerprint density at radius 3 is 2.45 bits per heavy atom. The number of amides is 2. The van der Waals surface area contributed by atoms with E-state index in [-0.39, 0.29) is 41.9 Å². The number of benzene rings is 2. The molecular weight excluding hydrogens is 445 g/mol. The van der Waals surface area contributed by atoms with Gasteiger partial charge >= 0.3 is 0 Å². The second-order valence-electron chi connectivity index (χ2n) is 7.74. The summed E-state index contributed by atoms with van der Waals surface area (Å²) in [6.07, 6.45) is 0.847.